The fourth-order valence-electron chi connectivity index (χ4n) is 2.25. The first-order valence-electron chi connectivity index (χ1n) is 7.98. The summed E-state index contributed by atoms with van der Waals surface area (Å²) in [5.74, 6) is -0.298. The molecule has 0 bridgehead atoms. The van der Waals surface area contributed by atoms with Crippen LogP contribution in [0.4, 0.5) is 6.01 Å². The SMILES string of the molecule is N#CCN(CC#N)S(=O)(=O)c1ccc(C(=O)Nc2nnc(-c3cccs3)o2)cc1. The molecule has 1 aromatic carbocycles. The molecular weight excluding hydrogens is 416 g/mol. The molecular formula is C17H12N6O4S2. The summed E-state index contributed by atoms with van der Waals surface area (Å²) >= 11 is 1.41. The number of anilines is 1. The summed E-state index contributed by atoms with van der Waals surface area (Å²) in [6.45, 7) is -0.913. The number of rotatable bonds is 7. The van der Waals surface area contributed by atoms with Crippen molar-refractivity contribution in [3.8, 4) is 22.9 Å². The van der Waals surface area contributed by atoms with Gasteiger partial charge in [0.25, 0.3) is 11.8 Å². The maximum atomic E-state index is 12.5. The van der Waals surface area contributed by atoms with E-state index in [-0.39, 0.29) is 22.4 Å². The van der Waals surface area contributed by atoms with Gasteiger partial charge in [0, 0.05) is 5.56 Å². The zero-order chi connectivity index (χ0) is 20.9. The number of aromatic nitrogens is 2. The summed E-state index contributed by atoms with van der Waals surface area (Å²) < 4.78 is 31.1. The van der Waals surface area contributed by atoms with Crippen molar-refractivity contribution in [3.05, 3.63) is 47.3 Å². The minimum absolute atomic E-state index is 0.0932. The number of carbonyl (C=O) groups excluding carboxylic acids is 1. The van der Waals surface area contributed by atoms with E-state index in [1.54, 1.807) is 18.2 Å². The van der Waals surface area contributed by atoms with Crippen molar-refractivity contribution in [3.63, 3.8) is 0 Å². The van der Waals surface area contributed by atoms with Gasteiger partial charge in [0.15, 0.2) is 0 Å². The van der Waals surface area contributed by atoms with Gasteiger partial charge in [-0.25, -0.2) is 8.42 Å². The van der Waals surface area contributed by atoms with Crippen LogP contribution >= 0.6 is 11.3 Å². The summed E-state index contributed by atoms with van der Waals surface area (Å²) in [6, 6.07) is 12.0. The van der Waals surface area contributed by atoms with Gasteiger partial charge in [-0.05, 0) is 35.7 Å². The quantitative estimate of drug-likeness (QED) is 0.561. The van der Waals surface area contributed by atoms with E-state index < -0.39 is 29.0 Å². The average molecular weight is 428 g/mol. The van der Waals surface area contributed by atoms with Crippen molar-refractivity contribution in [1.82, 2.24) is 14.5 Å². The van der Waals surface area contributed by atoms with E-state index in [1.165, 1.54) is 35.6 Å². The van der Waals surface area contributed by atoms with Gasteiger partial charge in [-0.3, -0.25) is 10.1 Å². The highest BCUT2D eigenvalue weighted by Gasteiger charge is 2.24. The van der Waals surface area contributed by atoms with E-state index in [0.717, 1.165) is 9.18 Å². The van der Waals surface area contributed by atoms with E-state index >= 15 is 0 Å². The first kappa shape index (κ1) is 20.2. The lowest BCUT2D eigenvalue weighted by Crippen LogP contribution is -2.31. The zero-order valence-electron chi connectivity index (χ0n) is 14.6. The highest BCUT2D eigenvalue weighted by molar-refractivity contribution is 7.89. The number of nitrogens with one attached hydrogen (secondary N) is 1. The standard InChI is InChI=1S/C17H12N6O4S2/c18-7-9-23(10-8-19)29(25,26)13-5-3-12(4-6-13)15(24)20-17-22-21-16(27-17)14-2-1-11-28-14/h1-6,11H,9-10H2,(H,20,22,24). The Kier molecular flexibility index (Phi) is 5.99. The molecule has 3 rings (SSSR count). The molecule has 0 saturated carbocycles. The Morgan fingerprint density at radius 3 is 2.41 bits per heavy atom. The molecule has 2 heterocycles. The van der Waals surface area contributed by atoms with Crippen LogP contribution in [0.1, 0.15) is 10.4 Å². The number of hydrogen-bond acceptors (Lipinski definition) is 9. The van der Waals surface area contributed by atoms with Gasteiger partial charge in [-0.2, -0.15) is 14.8 Å². The average Bonchev–Trinajstić information content (AvgIpc) is 3.39. The predicted octanol–water partition coefficient (Wildman–Crippen LogP) is 2.09. The molecule has 1 N–H and O–H groups in total. The molecule has 0 aliphatic rings. The van der Waals surface area contributed by atoms with Crippen molar-refractivity contribution in [2.45, 2.75) is 4.90 Å². The van der Waals surface area contributed by atoms with Crippen molar-refractivity contribution >= 4 is 33.3 Å². The molecule has 0 spiro atoms. The third kappa shape index (κ3) is 4.47. The number of hydrogen-bond donors (Lipinski definition) is 1. The summed E-state index contributed by atoms with van der Waals surface area (Å²) in [6.07, 6.45) is 0. The van der Waals surface area contributed by atoms with E-state index in [2.05, 4.69) is 15.5 Å². The Morgan fingerprint density at radius 1 is 1.14 bits per heavy atom. The molecule has 0 atom stereocenters. The molecule has 0 fully saturated rings. The highest BCUT2D eigenvalue weighted by atomic mass is 32.2. The van der Waals surface area contributed by atoms with Crippen molar-refractivity contribution < 1.29 is 17.6 Å². The van der Waals surface area contributed by atoms with Crippen LogP contribution in [0, 0.1) is 22.7 Å². The van der Waals surface area contributed by atoms with Crippen molar-refractivity contribution in [1.29, 1.82) is 10.5 Å². The first-order valence-corrected chi connectivity index (χ1v) is 10.3. The number of benzene rings is 1. The lowest BCUT2D eigenvalue weighted by atomic mass is 10.2. The van der Waals surface area contributed by atoms with Gasteiger partial charge >= 0.3 is 6.01 Å². The number of carbonyl (C=O) groups is 1. The topological polar surface area (TPSA) is 153 Å². The second kappa shape index (κ2) is 8.62. The second-order valence-corrected chi connectivity index (χ2v) is 8.34. The lowest BCUT2D eigenvalue weighted by Gasteiger charge is -2.15. The maximum absolute atomic E-state index is 12.5. The van der Waals surface area contributed by atoms with E-state index in [1.807, 2.05) is 11.4 Å². The molecule has 2 aromatic heterocycles. The highest BCUT2D eigenvalue weighted by Crippen LogP contribution is 2.24. The van der Waals surface area contributed by atoms with E-state index in [9.17, 15) is 13.2 Å². The monoisotopic (exact) mass is 428 g/mol. The predicted molar refractivity (Wildman–Crippen MR) is 102 cm³/mol. The Morgan fingerprint density at radius 2 is 1.83 bits per heavy atom. The third-order valence-corrected chi connectivity index (χ3v) is 6.29. The minimum atomic E-state index is -4.03. The van der Waals surface area contributed by atoms with Crippen LogP contribution in [0.15, 0.2) is 51.1 Å². The molecule has 3 aromatic rings. The third-order valence-electron chi connectivity index (χ3n) is 3.63. The van der Waals surface area contributed by atoms with Gasteiger partial charge < -0.3 is 4.42 Å². The fraction of sp³-hybridized carbons (Fsp3) is 0.118. The molecule has 0 saturated heterocycles. The van der Waals surface area contributed by atoms with Gasteiger partial charge in [0.2, 0.25) is 10.0 Å². The molecule has 146 valence electrons. The fourth-order valence-corrected chi connectivity index (χ4v) is 4.13. The number of nitriles is 2. The minimum Gasteiger partial charge on any atom is -0.402 e. The van der Waals surface area contributed by atoms with Crippen molar-refractivity contribution in [2.75, 3.05) is 18.4 Å². The van der Waals surface area contributed by atoms with Crippen LogP contribution in [0.5, 0.6) is 0 Å². The Hall–Kier alpha value is -3.58. The molecule has 0 radical (unpaired) electrons. The number of nitrogens with zero attached hydrogens (tertiary/aromatic N) is 5. The van der Waals surface area contributed by atoms with Crippen LogP contribution in [-0.4, -0.2) is 41.9 Å². The van der Waals surface area contributed by atoms with Crippen LogP contribution < -0.4 is 5.32 Å². The van der Waals surface area contributed by atoms with E-state index in [0.29, 0.717) is 0 Å². The number of sulfonamides is 1. The molecule has 1 amide bonds. The van der Waals surface area contributed by atoms with Crippen LogP contribution in [0.2, 0.25) is 0 Å². The van der Waals surface area contributed by atoms with Crippen molar-refractivity contribution in [2.24, 2.45) is 0 Å². The molecule has 0 unspecified atom stereocenters. The Labute approximate surface area is 169 Å². The molecule has 12 heteroatoms. The Bertz CT molecular complexity index is 1170. The Balaban J connectivity index is 1.74. The molecule has 10 nitrogen and oxygen atoms in total. The summed E-state index contributed by atoms with van der Waals surface area (Å²) in [5, 5.41) is 29.4. The first-order chi connectivity index (χ1) is 14.0. The largest absolute Gasteiger partial charge is 0.402 e. The number of thiophene rings is 1. The van der Waals surface area contributed by atoms with E-state index in [4.69, 9.17) is 14.9 Å². The summed E-state index contributed by atoms with van der Waals surface area (Å²) in [4.78, 5) is 12.9. The normalized spacial score (nSPS) is 11.0. The number of amides is 1. The zero-order valence-corrected chi connectivity index (χ0v) is 16.3. The van der Waals surface area contributed by atoms with Crippen LogP contribution in [-0.2, 0) is 10.0 Å². The van der Waals surface area contributed by atoms with Gasteiger partial charge in [-0.15, -0.1) is 16.4 Å². The lowest BCUT2D eigenvalue weighted by molar-refractivity contribution is 0.102. The summed E-state index contributed by atoms with van der Waals surface area (Å²) in [5.41, 5.74) is 0.159. The maximum Gasteiger partial charge on any atom is 0.322 e. The molecule has 0 aliphatic carbocycles. The van der Waals surface area contributed by atoms with Crippen LogP contribution in [0.3, 0.4) is 0 Å². The van der Waals surface area contributed by atoms with Crippen LogP contribution in [0.25, 0.3) is 10.8 Å². The molecule has 29 heavy (non-hydrogen) atoms. The smallest absolute Gasteiger partial charge is 0.322 e. The second-order valence-electron chi connectivity index (χ2n) is 5.46. The van der Waals surface area contributed by atoms with Gasteiger partial charge in [0.1, 0.15) is 13.1 Å². The van der Waals surface area contributed by atoms with Gasteiger partial charge in [0.05, 0.1) is 21.9 Å². The summed E-state index contributed by atoms with van der Waals surface area (Å²) in [7, 11) is -4.03. The van der Waals surface area contributed by atoms with Gasteiger partial charge in [-0.1, -0.05) is 11.2 Å². The molecule has 0 aliphatic heterocycles.